The highest BCUT2D eigenvalue weighted by atomic mass is 35.5. The van der Waals surface area contributed by atoms with Crippen molar-refractivity contribution in [3.63, 3.8) is 0 Å². The number of hydrogen-bond donors (Lipinski definition) is 1. The third-order valence-corrected chi connectivity index (χ3v) is 5.68. The van der Waals surface area contributed by atoms with Gasteiger partial charge in [-0.25, -0.2) is 4.98 Å². The van der Waals surface area contributed by atoms with Gasteiger partial charge in [0.1, 0.15) is 12.4 Å². The fraction of sp³-hybridized carbons (Fsp3) is 0.423. The van der Waals surface area contributed by atoms with Crippen LogP contribution in [0.3, 0.4) is 0 Å². The Labute approximate surface area is 200 Å². The van der Waals surface area contributed by atoms with Crippen LogP contribution < -0.4 is 5.32 Å². The fourth-order valence-corrected chi connectivity index (χ4v) is 4.19. The lowest BCUT2D eigenvalue weighted by molar-refractivity contribution is -0.132. The van der Waals surface area contributed by atoms with E-state index in [9.17, 15) is 9.59 Å². The summed E-state index contributed by atoms with van der Waals surface area (Å²) in [5.41, 5.74) is 2.07. The minimum Gasteiger partial charge on any atom is -0.342 e. The number of carbonyl (C=O) groups is 2. The molecule has 6 nitrogen and oxygen atoms in total. The molecular weight excluding hydrogens is 436 g/mol. The number of halogens is 1. The number of fused-ring (bicyclic) bond motifs is 1. The molecule has 7 heteroatoms. The van der Waals surface area contributed by atoms with E-state index in [0.29, 0.717) is 41.3 Å². The summed E-state index contributed by atoms with van der Waals surface area (Å²) in [4.78, 5) is 32.9. The van der Waals surface area contributed by atoms with Gasteiger partial charge >= 0.3 is 0 Å². The number of aromatic nitrogens is 2. The van der Waals surface area contributed by atoms with E-state index in [4.69, 9.17) is 16.6 Å². The van der Waals surface area contributed by atoms with Gasteiger partial charge in [-0.15, -0.1) is 0 Å². The molecule has 176 valence electrons. The molecule has 2 amide bonds. The van der Waals surface area contributed by atoms with E-state index in [1.807, 2.05) is 40.7 Å². The van der Waals surface area contributed by atoms with Crippen molar-refractivity contribution in [2.75, 3.05) is 13.1 Å². The highest BCUT2D eigenvalue weighted by Gasteiger charge is 2.23. The lowest BCUT2D eigenvalue weighted by Gasteiger charge is -2.27. The molecule has 0 aliphatic heterocycles. The maximum atomic E-state index is 13.4. The van der Waals surface area contributed by atoms with Crippen LogP contribution in [0.2, 0.25) is 5.02 Å². The molecule has 1 heterocycles. The lowest BCUT2D eigenvalue weighted by atomic mass is 10.1. The van der Waals surface area contributed by atoms with Crippen LogP contribution in [0.25, 0.3) is 11.0 Å². The Morgan fingerprint density at radius 3 is 2.21 bits per heavy atom. The predicted molar refractivity (Wildman–Crippen MR) is 133 cm³/mol. The molecule has 1 atom stereocenters. The normalized spacial score (nSPS) is 12.4. The Morgan fingerprint density at radius 1 is 0.970 bits per heavy atom. The Balaban J connectivity index is 1.91. The molecule has 0 fully saturated rings. The second-order valence-electron chi connectivity index (χ2n) is 9.31. The van der Waals surface area contributed by atoms with Crippen molar-refractivity contribution in [2.45, 2.75) is 47.2 Å². The molecule has 0 bridgehead atoms. The third kappa shape index (κ3) is 6.14. The summed E-state index contributed by atoms with van der Waals surface area (Å²) in [7, 11) is 0. The molecule has 0 aliphatic carbocycles. The first kappa shape index (κ1) is 24.8. The van der Waals surface area contributed by atoms with E-state index >= 15 is 0 Å². The number of imidazole rings is 1. The van der Waals surface area contributed by atoms with Crippen molar-refractivity contribution >= 4 is 34.4 Å². The van der Waals surface area contributed by atoms with Gasteiger partial charge in [-0.2, -0.15) is 0 Å². The van der Waals surface area contributed by atoms with Crippen molar-refractivity contribution in [3.05, 3.63) is 64.9 Å². The van der Waals surface area contributed by atoms with E-state index < -0.39 is 6.04 Å². The molecular formula is C26H33ClN4O2. The highest BCUT2D eigenvalue weighted by molar-refractivity contribution is 6.33. The monoisotopic (exact) mass is 468 g/mol. The van der Waals surface area contributed by atoms with E-state index in [2.05, 4.69) is 33.0 Å². The molecule has 0 saturated carbocycles. The number of benzene rings is 2. The molecule has 0 spiro atoms. The van der Waals surface area contributed by atoms with Crippen LogP contribution in [-0.2, 0) is 11.3 Å². The van der Waals surface area contributed by atoms with Crippen LogP contribution >= 0.6 is 11.6 Å². The van der Waals surface area contributed by atoms with Gasteiger partial charge in [-0.3, -0.25) is 9.59 Å². The van der Waals surface area contributed by atoms with Crippen molar-refractivity contribution in [3.8, 4) is 0 Å². The molecule has 0 saturated heterocycles. The first-order valence-corrected chi connectivity index (χ1v) is 11.8. The van der Waals surface area contributed by atoms with Crippen LogP contribution in [0.4, 0.5) is 0 Å². The molecule has 0 aliphatic rings. The van der Waals surface area contributed by atoms with Crippen LogP contribution in [0.1, 0.15) is 56.8 Å². The van der Waals surface area contributed by atoms with Gasteiger partial charge in [0.25, 0.3) is 5.91 Å². The average Bonchev–Trinajstić information content (AvgIpc) is 3.11. The molecule has 1 N–H and O–H groups in total. The van der Waals surface area contributed by atoms with Crippen LogP contribution in [0, 0.1) is 11.8 Å². The van der Waals surface area contributed by atoms with Crippen molar-refractivity contribution in [1.82, 2.24) is 19.8 Å². The number of para-hydroxylation sites is 2. The van der Waals surface area contributed by atoms with Crippen LogP contribution in [0.5, 0.6) is 0 Å². The highest BCUT2D eigenvalue weighted by Crippen LogP contribution is 2.23. The topological polar surface area (TPSA) is 67.2 Å². The number of amides is 2. The van der Waals surface area contributed by atoms with E-state index in [0.717, 1.165) is 11.0 Å². The number of nitrogens with one attached hydrogen (secondary N) is 1. The summed E-state index contributed by atoms with van der Waals surface area (Å²) < 4.78 is 1.92. The summed E-state index contributed by atoms with van der Waals surface area (Å²) in [6.07, 6.45) is 0. The standard InChI is InChI=1S/C26H33ClN4O2/c1-17(2)14-30(15-18(3)4)24(32)16-31-23-13-9-8-12-22(23)29-25(31)19(5)28-26(33)20-10-6-7-11-21(20)27/h6-13,17-19H,14-16H2,1-5H3,(H,28,33). The summed E-state index contributed by atoms with van der Waals surface area (Å²) in [6.45, 7) is 11.9. The van der Waals surface area contributed by atoms with Crippen LogP contribution in [-0.4, -0.2) is 39.4 Å². The molecule has 2 aromatic carbocycles. The smallest absolute Gasteiger partial charge is 0.253 e. The number of rotatable bonds is 9. The average molecular weight is 469 g/mol. The second kappa shape index (κ2) is 10.8. The third-order valence-electron chi connectivity index (χ3n) is 5.35. The summed E-state index contributed by atoms with van der Waals surface area (Å²) in [5.74, 6) is 1.16. The van der Waals surface area contributed by atoms with Crippen molar-refractivity contribution in [1.29, 1.82) is 0 Å². The molecule has 1 aromatic heterocycles. The summed E-state index contributed by atoms with van der Waals surface area (Å²) >= 11 is 6.20. The second-order valence-corrected chi connectivity index (χ2v) is 9.71. The first-order valence-electron chi connectivity index (χ1n) is 11.5. The largest absolute Gasteiger partial charge is 0.342 e. The first-order chi connectivity index (χ1) is 15.7. The molecule has 1 unspecified atom stereocenters. The Bertz CT molecular complexity index is 1110. The van der Waals surface area contributed by atoms with Crippen LogP contribution in [0.15, 0.2) is 48.5 Å². The summed E-state index contributed by atoms with van der Waals surface area (Å²) in [5, 5.41) is 3.38. The Hall–Kier alpha value is -2.86. The van der Waals surface area contributed by atoms with Gasteiger partial charge in [0, 0.05) is 13.1 Å². The SMILES string of the molecule is CC(C)CN(CC(C)C)C(=O)Cn1c(C(C)NC(=O)c2ccccc2Cl)nc2ccccc21. The van der Waals surface area contributed by atoms with E-state index in [1.165, 1.54) is 0 Å². The van der Waals surface area contributed by atoms with Crippen molar-refractivity contribution in [2.24, 2.45) is 11.8 Å². The van der Waals surface area contributed by atoms with E-state index in [1.54, 1.807) is 24.3 Å². The number of nitrogens with zero attached hydrogens (tertiary/aromatic N) is 3. The summed E-state index contributed by atoms with van der Waals surface area (Å²) in [6, 6.07) is 14.2. The zero-order valence-corrected chi connectivity index (χ0v) is 20.8. The minimum absolute atomic E-state index is 0.0476. The van der Waals surface area contributed by atoms with Gasteiger partial charge in [-0.05, 0) is 43.0 Å². The van der Waals surface area contributed by atoms with Gasteiger partial charge in [-0.1, -0.05) is 63.6 Å². The maximum Gasteiger partial charge on any atom is 0.253 e. The van der Waals surface area contributed by atoms with Gasteiger partial charge < -0.3 is 14.8 Å². The quantitative estimate of drug-likeness (QED) is 0.462. The Kier molecular flexibility index (Phi) is 8.14. The van der Waals surface area contributed by atoms with E-state index in [-0.39, 0.29) is 18.4 Å². The molecule has 0 radical (unpaired) electrons. The molecule has 3 rings (SSSR count). The zero-order chi connectivity index (χ0) is 24.1. The van der Waals surface area contributed by atoms with Gasteiger partial charge in [0.2, 0.25) is 5.91 Å². The molecule has 33 heavy (non-hydrogen) atoms. The fourth-order valence-electron chi connectivity index (χ4n) is 3.97. The number of hydrogen-bond acceptors (Lipinski definition) is 3. The zero-order valence-electron chi connectivity index (χ0n) is 20.0. The minimum atomic E-state index is -0.419. The van der Waals surface area contributed by atoms with Gasteiger partial charge in [0.05, 0.1) is 27.7 Å². The Morgan fingerprint density at radius 2 is 1.58 bits per heavy atom. The lowest BCUT2D eigenvalue weighted by Crippen LogP contribution is -2.39. The van der Waals surface area contributed by atoms with Crippen molar-refractivity contribution < 1.29 is 9.59 Å². The maximum absolute atomic E-state index is 13.4. The van der Waals surface area contributed by atoms with Gasteiger partial charge in [0.15, 0.2) is 0 Å². The molecule has 3 aromatic rings. The predicted octanol–water partition coefficient (Wildman–Crippen LogP) is 5.32. The number of carbonyl (C=O) groups excluding carboxylic acids is 2.